The Morgan fingerprint density at radius 2 is 1.86 bits per heavy atom. The van der Waals surface area contributed by atoms with Crippen LogP contribution in [0.1, 0.15) is 28.5 Å². The van der Waals surface area contributed by atoms with Crippen molar-refractivity contribution in [1.82, 2.24) is 19.9 Å². The number of hydrogen-bond acceptors (Lipinski definition) is 5. The summed E-state index contributed by atoms with van der Waals surface area (Å²) in [5.41, 5.74) is 3.77. The zero-order chi connectivity index (χ0) is 19.9. The molecule has 0 radical (unpaired) electrons. The van der Waals surface area contributed by atoms with Gasteiger partial charge in [0.05, 0.1) is 0 Å². The highest BCUT2D eigenvalue weighted by Gasteiger charge is 2.16. The fourth-order valence-corrected chi connectivity index (χ4v) is 3.03. The minimum absolute atomic E-state index is 0.113. The Hall–Kier alpha value is -3.28. The van der Waals surface area contributed by atoms with Gasteiger partial charge >= 0.3 is 0 Å². The molecule has 2 heterocycles. The highest BCUT2D eigenvalue weighted by Crippen LogP contribution is 2.24. The Morgan fingerprint density at radius 1 is 1.07 bits per heavy atom. The molecule has 0 unspecified atom stereocenters. The van der Waals surface area contributed by atoms with E-state index in [4.69, 9.17) is 0 Å². The summed E-state index contributed by atoms with van der Waals surface area (Å²) < 4.78 is 0. The van der Waals surface area contributed by atoms with Crippen molar-refractivity contribution in [2.75, 3.05) is 25.0 Å². The van der Waals surface area contributed by atoms with Crippen molar-refractivity contribution >= 4 is 17.4 Å². The van der Waals surface area contributed by atoms with E-state index >= 15 is 0 Å². The molecule has 1 aromatic carbocycles. The van der Waals surface area contributed by atoms with Crippen LogP contribution in [0.3, 0.4) is 0 Å². The number of pyridine rings is 1. The number of amides is 1. The Morgan fingerprint density at radius 3 is 2.57 bits per heavy atom. The standard InChI is InChI=1S/C22H25N5O/c1-4-27(19-7-5-6-17(2)14-19)21-15-20(24-16-25-21)22(28)26(3)13-10-18-8-11-23-12-9-18/h5-9,11-12,14-16H,4,10,13H2,1-3H3. The summed E-state index contributed by atoms with van der Waals surface area (Å²) in [5, 5.41) is 0. The normalized spacial score (nSPS) is 10.5. The first-order valence-electron chi connectivity index (χ1n) is 9.39. The zero-order valence-electron chi connectivity index (χ0n) is 16.5. The van der Waals surface area contributed by atoms with Gasteiger partial charge in [0.25, 0.3) is 5.91 Å². The first-order valence-corrected chi connectivity index (χ1v) is 9.39. The molecule has 6 heteroatoms. The summed E-state index contributed by atoms with van der Waals surface area (Å²) in [7, 11) is 1.80. The summed E-state index contributed by atoms with van der Waals surface area (Å²) >= 11 is 0. The minimum atomic E-state index is -0.113. The lowest BCUT2D eigenvalue weighted by Gasteiger charge is -2.23. The van der Waals surface area contributed by atoms with Gasteiger partial charge in [-0.3, -0.25) is 9.78 Å². The molecule has 0 aliphatic heterocycles. The molecule has 0 aliphatic carbocycles. The maximum atomic E-state index is 12.8. The van der Waals surface area contributed by atoms with Crippen molar-refractivity contribution in [3.05, 3.63) is 78.0 Å². The predicted octanol–water partition coefficient (Wildman–Crippen LogP) is 3.65. The van der Waals surface area contributed by atoms with Crippen LogP contribution in [0.4, 0.5) is 11.5 Å². The van der Waals surface area contributed by atoms with Crippen molar-refractivity contribution in [2.24, 2.45) is 0 Å². The van der Waals surface area contributed by atoms with Crippen molar-refractivity contribution < 1.29 is 4.79 Å². The van der Waals surface area contributed by atoms with E-state index in [1.807, 2.05) is 24.3 Å². The smallest absolute Gasteiger partial charge is 0.272 e. The van der Waals surface area contributed by atoms with Crippen LogP contribution in [0.25, 0.3) is 0 Å². The molecule has 0 bridgehead atoms. The van der Waals surface area contributed by atoms with Crippen LogP contribution in [0, 0.1) is 6.92 Å². The van der Waals surface area contributed by atoms with E-state index in [9.17, 15) is 4.79 Å². The van der Waals surface area contributed by atoms with Crippen molar-refractivity contribution in [1.29, 1.82) is 0 Å². The third-order valence-electron chi connectivity index (χ3n) is 4.61. The fraction of sp³-hybridized carbons (Fsp3) is 0.273. The first-order chi connectivity index (χ1) is 13.6. The van der Waals surface area contributed by atoms with Gasteiger partial charge in [0.2, 0.25) is 0 Å². The Bertz CT molecular complexity index is 929. The lowest BCUT2D eigenvalue weighted by Crippen LogP contribution is -2.30. The molecule has 0 spiro atoms. The van der Waals surface area contributed by atoms with Crippen molar-refractivity contribution in [3.63, 3.8) is 0 Å². The van der Waals surface area contributed by atoms with E-state index in [2.05, 4.69) is 45.8 Å². The number of anilines is 2. The van der Waals surface area contributed by atoms with Gasteiger partial charge in [-0.15, -0.1) is 0 Å². The average molecular weight is 375 g/mol. The number of benzene rings is 1. The second kappa shape index (κ2) is 9.08. The van der Waals surface area contributed by atoms with Crippen LogP contribution in [0.5, 0.6) is 0 Å². The Balaban J connectivity index is 1.75. The lowest BCUT2D eigenvalue weighted by molar-refractivity contribution is 0.0790. The van der Waals surface area contributed by atoms with Gasteiger partial charge in [0.15, 0.2) is 0 Å². The maximum Gasteiger partial charge on any atom is 0.272 e. The van der Waals surface area contributed by atoms with Crippen LogP contribution < -0.4 is 4.90 Å². The number of aryl methyl sites for hydroxylation is 1. The highest BCUT2D eigenvalue weighted by atomic mass is 16.2. The number of nitrogens with zero attached hydrogens (tertiary/aromatic N) is 5. The largest absolute Gasteiger partial charge is 0.340 e. The molecule has 0 aliphatic rings. The molecule has 2 aromatic heterocycles. The number of carbonyl (C=O) groups excluding carboxylic acids is 1. The van der Waals surface area contributed by atoms with Crippen LogP contribution in [-0.4, -0.2) is 45.9 Å². The highest BCUT2D eigenvalue weighted by molar-refractivity contribution is 5.93. The Kier molecular flexibility index (Phi) is 6.32. The van der Waals surface area contributed by atoms with Crippen LogP contribution >= 0.6 is 0 Å². The molecule has 28 heavy (non-hydrogen) atoms. The average Bonchev–Trinajstić information content (AvgIpc) is 2.73. The second-order valence-electron chi connectivity index (χ2n) is 6.68. The predicted molar refractivity (Wildman–Crippen MR) is 111 cm³/mol. The fourth-order valence-electron chi connectivity index (χ4n) is 3.03. The van der Waals surface area contributed by atoms with Crippen molar-refractivity contribution in [3.8, 4) is 0 Å². The summed E-state index contributed by atoms with van der Waals surface area (Å²) in [6.07, 6.45) is 5.75. The monoisotopic (exact) mass is 375 g/mol. The Labute approximate surface area is 165 Å². The van der Waals surface area contributed by atoms with Gasteiger partial charge in [-0.2, -0.15) is 0 Å². The molecule has 0 N–H and O–H groups in total. The zero-order valence-corrected chi connectivity index (χ0v) is 16.5. The first kappa shape index (κ1) is 19.5. The molecule has 0 atom stereocenters. The van der Waals surface area contributed by atoms with Gasteiger partial charge in [-0.1, -0.05) is 12.1 Å². The molecule has 0 saturated heterocycles. The van der Waals surface area contributed by atoms with Gasteiger partial charge in [-0.25, -0.2) is 9.97 Å². The SMILES string of the molecule is CCN(c1cccc(C)c1)c1cc(C(=O)N(C)CCc2ccncc2)ncn1. The van der Waals surface area contributed by atoms with E-state index in [1.165, 1.54) is 11.9 Å². The quantitative estimate of drug-likeness (QED) is 0.631. The molecule has 1 amide bonds. The molecule has 6 nitrogen and oxygen atoms in total. The summed E-state index contributed by atoms with van der Waals surface area (Å²) in [6, 6.07) is 13.9. The third-order valence-corrected chi connectivity index (χ3v) is 4.61. The molecular weight excluding hydrogens is 350 g/mol. The van der Waals surface area contributed by atoms with E-state index in [1.54, 1.807) is 30.4 Å². The van der Waals surface area contributed by atoms with Gasteiger partial charge in [0, 0.05) is 44.3 Å². The number of rotatable bonds is 7. The summed E-state index contributed by atoms with van der Waals surface area (Å²) in [5.74, 6) is 0.604. The number of carbonyl (C=O) groups is 1. The van der Waals surface area contributed by atoms with Crippen LogP contribution in [0.2, 0.25) is 0 Å². The topological polar surface area (TPSA) is 62.2 Å². The molecular formula is C22H25N5O. The van der Waals surface area contributed by atoms with E-state index < -0.39 is 0 Å². The number of aromatic nitrogens is 3. The van der Waals surface area contributed by atoms with Crippen LogP contribution in [0.15, 0.2) is 61.2 Å². The molecule has 3 rings (SSSR count). The lowest BCUT2D eigenvalue weighted by atomic mass is 10.2. The molecule has 144 valence electrons. The number of likely N-dealkylation sites (N-methyl/N-ethyl adjacent to an activating group) is 1. The second-order valence-corrected chi connectivity index (χ2v) is 6.68. The van der Waals surface area contributed by atoms with Gasteiger partial charge < -0.3 is 9.80 Å². The maximum absolute atomic E-state index is 12.8. The van der Waals surface area contributed by atoms with E-state index in [0.717, 1.165) is 24.2 Å². The van der Waals surface area contributed by atoms with Crippen LogP contribution in [-0.2, 0) is 6.42 Å². The summed E-state index contributed by atoms with van der Waals surface area (Å²) in [4.78, 5) is 29.2. The minimum Gasteiger partial charge on any atom is -0.340 e. The van der Waals surface area contributed by atoms with Gasteiger partial charge in [0.1, 0.15) is 17.8 Å². The van der Waals surface area contributed by atoms with Crippen molar-refractivity contribution in [2.45, 2.75) is 20.3 Å². The number of hydrogen-bond donors (Lipinski definition) is 0. The molecule has 0 saturated carbocycles. The summed E-state index contributed by atoms with van der Waals surface area (Å²) in [6.45, 7) is 5.47. The third kappa shape index (κ3) is 4.71. The van der Waals surface area contributed by atoms with E-state index in [-0.39, 0.29) is 5.91 Å². The van der Waals surface area contributed by atoms with Gasteiger partial charge in [-0.05, 0) is 55.7 Å². The molecule has 3 aromatic rings. The van der Waals surface area contributed by atoms with E-state index in [0.29, 0.717) is 18.1 Å². The molecule has 0 fully saturated rings.